The largest absolute Gasteiger partial charge is 0.489 e. The summed E-state index contributed by atoms with van der Waals surface area (Å²) in [5.41, 5.74) is 3.67. The van der Waals surface area contributed by atoms with Gasteiger partial charge in [-0.3, -0.25) is 14.8 Å². The van der Waals surface area contributed by atoms with Gasteiger partial charge in [0.25, 0.3) is 0 Å². The second-order valence-corrected chi connectivity index (χ2v) is 8.57. The standard InChI is InChI=1S/C27H28N2O5/c30-25(29-33)17-22(26(31)28-27(32)15-14-21-8-4-5-9-24(21)27)16-19-10-12-23(13-11-19)34-18-20-6-2-1-3-7-20/h1-13,22,32-33H,14-18H2,(H,28,31)(H,29,30)/t22-,27+/m1/s1. The molecule has 0 aliphatic heterocycles. The van der Waals surface area contributed by atoms with Crippen LogP contribution in [0, 0.1) is 5.92 Å². The maximum atomic E-state index is 13.1. The Kier molecular flexibility index (Phi) is 7.25. The number of carbonyl (C=O) groups is 2. The SMILES string of the molecule is O=C(C[C@@H](Cc1ccc(OCc2ccccc2)cc1)C(=O)N[C@]1(O)CCc2ccccc21)NO. The lowest BCUT2D eigenvalue weighted by atomic mass is 9.93. The number of aryl methyl sites for hydroxylation is 1. The van der Waals surface area contributed by atoms with Gasteiger partial charge in [-0.2, -0.15) is 0 Å². The van der Waals surface area contributed by atoms with Gasteiger partial charge in [0, 0.05) is 18.4 Å². The fourth-order valence-electron chi connectivity index (χ4n) is 4.30. The van der Waals surface area contributed by atoms with Crippen molar-refractivity contribution in [3.05, 3.63) is 101 Å². The Balaban J connectivity index is 1.43. The summed E-state index contributed by atoms with van der Waals surface area (Å²) in [6.07, 6.45) is 1.06. The number of hydrogen-bond donors (Lipinski definition) is 4. The fraction of sp³-hybridized carbons (Fsp3) is 0.259. The highest BCUT2D eigenvalue weighted by molar-refractivity contribution is 5.86. The Morgan fingerprint density at radius 3 is 2.38 bits per heavy atom. The average Bonchev–Trinajstić information content (AvgIpc) is 3.20. The van der Waals surface area contributed by atoms with Gasteiger partial charge in [0.2, 0.25) is 11.8 Å². The molecule has 3 aromatic carbocycles. The van der Waals surface area contributed by atoms with E-state index in [0.29, 0.717) is 30.8 Å². The van der Waals surface area contributed by atoms with Gasteiger partial charge in [0.05, 0.1) is 5.92 Å². The molecule has 7 nitrogen and oxygen atoms in total. The van der Waals surface area contributed by atoms with Crippen molar-refractivity contribution in [2.24, 2.45) is 5.92 Å². The Bertz CT molecular complexity index is 1130. The van der Waals surface area contributed by atoms with Crippen LogP contribution in [0.15, 0.2) is 78.9 Å². The third kappa shape index (κ3) is 5.62. The number of benzene rings is 3. The first kappa shape index (κ1) is 23.5. The number of hydrogen-bond acceptors (Lipinski definition) is 5. The van der Waals surface area contributed by atoms with E-state index in [9.17, 15) is 14.7 Å². The number of ether oxygens (including phenoxy) is 1. The van der Waals surface area contributed by atoms with Gasteiger partial charge < -0.3 is 15.2 Å². The van der Waals surface area contributed by atoms with E-state index in [1.54, 1.807) is 11.5 Å². The highest BCUT2D eigenvalue weighted by Gasteiger charge is 2.39. The molecule has 0 unspecified atom stereocenters. The molecule has 176 valence electrons. The van der Waals surface area contributed by atoms with E-state index in [2.05, 4.69) is 5.32 Å². The average molecular weight is 461 g/mol. The lowest BCUT2D eigenvalue weighted by molar-refractivity contribution is -0.139. The van der Waals surface area contributed by atoms with Crippen molar-refractivity contribution in [1.82, 2.24) is 10.8 Å². The van der Waals surface area contributed by atoms with Gasteiger partial charge in [-0.1, -0.05) is 66.7 Å². The smallest absolute Gasteiger partial charge is 0.244 e. The monoisotopic (exact) mass is 460 g/mol. The van der Waals surface area contributed by atoms with E-state index in [0.717, 1.165) is 16.7 Å². The number of aliphatic hydroxyl groups is 1. The van der Waals surface area contributed by atoms with Crippen molar-refractivity contribution in [3.8, 4) is 5.75 Å². The van der Waals surface area contributed by atoms with Crippen LogP contribution in [0.5, 0.6) is 5.75 Å². The summed E-state index contributed by atoms with van der Waals surface area (Å²) in [6.45, 7) is 0.446. The topological polar surface area (TPSA) is 108 Å². The summed E-state index contributed by atoms with van der Waals surface area (Å²) < 4.78 is 5.81. The van der Waals surface area contributed by atoms with E-state index in [-0.39, 0.29) is 12.8 Å². The molecule has 1 aliphatic rings. The van der Waals surface area contributed by atoms with Crippen molar-refractivity contribution in [2.45, 2.75) is 38.0 Å². The van der Waals surface area contributed by atoms with Crippen LogP contribution >= 0.6 is 0 Å². The first-order chi connectivity index (χ1) is 16.5. The molecular formula is C27H28N2O5. The van der Waals surface area contributed by atoms with E-state index in [1.807, 2.05) is 72.8 Å². The lowest BCUT2D eigenvalue weighted by Gasteiger charge is -2.28. The van der Waals surface area contributed by atoms with Crippen molar-refractivity contribution in [2.75, 3.05) is 0 Å². The van der Waals surface area contributed by atoms with Gasteiger partial charge in [-0.15, -0.1) is 0 Å². The Labute approximate surface area is 198 Å². The Morgan fingerprint density at radius 1 is 0.941 bits per heavy atom. The highest BCUT2D eigenvalue weighted by Crippen LogP contribution is 2.35. The third-order valence-corrected chi connectivity index (χ3v) is 6.13. The van der Waals surface area contributed by atoms with Gasteiger partial charge in [-0.25, -0.2) is 5.48 Å². The Hall–Kier alpha value is -3.68. The molecule has 34 heavy (non-hydrogen) atoms. The maximum absolute atomic E-state index is 13.1. The van der Waals surface area contributed by atoms with Crippen LogP contribution in [0.25, 0.3) is 0 Å². The van der Waals surface area contributed by atoms with Crippen LogP contribution in [0.1, 0.15) is 35.1 Å². The molecular weight excluding hydrogens is 432 g/mol. The molecule has 1 aliphatic carbocycles. The number of hydroxylamine groups is 1. The normalized spacial score (nSPS) is 17.5. The van der Waals surface area contributed by atoms with Crippen LogP contribution in [0.3, 0.4) is 0 Å². The van der Waals surface area contributed by atoms with E-state index < -0.39 is 23.5 Å². The molecule has 0 bridgehead atoms. The molecule has 0 saturated carbocycles. The fourth-order valence-corrected chi connectivity index (χ4v) is 4.30. The van der Waals surface area contributed by atoms with Crippen LogP contribution in [-0.2, 0) is 34.8 Å². The number of rotatable bonds is 9. The number of fused-ring (bicyclic) bond motifs is 1. The molecule has 4 rings (SSSR count). The minimum Gasteiger partial charge on any atom is -0.489 e. The van der Waals surface area contributed by atoms with E-state index in [4.69, 9.17) is 9.94 Å². The molecule has 3 aromatic rings. The zero-order valence-corrected chi connectivity index (χ0v) is 18.7. The molecule has 7 heteroatoms. The number of carbonyl (C=O) groups excluding carboxylic acids is 2. The summed E-state index contributed by atoms with van der Waals surface area (Å²) >= 11 is 0. The minimum atomic E-state index is -1.48. The molecule has 2 atom stereocenters. The predicted octanol–water partition coefficient (Wildman–Crippen LogP) is 3.23. The van der Waals surface area contributed by atoms with Crippen molar-refractivity contribution >= 4 is 11.8 Å². The first-order valence-corrected chi connectivity index (χ1v) is 11.3. The molecule has 0 fully saturated rings. The first-order valence-electron chi connectivity index (χ1n) is 11.3. The molecule has 0 spiro atoms. The number of amides is 2. The van der Waals surface area contributed by atoms with Crippen LogP contribution in [0.2, 0.25) is 0 Å². The molecule has 0 heterocycles. The summed E-state index contributed by atoms with van der Waals surface area (Å²) in [6, 6.07) is 24.6. The quantitative estimate of drug-likeness (QED) is 0.223. The van der Waals surface area contributed by atoms with E-state index in [1.165, 1.54) is 0 Å². The summed E-state index contributed by atoms with van der Waals surface area (Å²) in [7, 11) is 0. The van der Waals surface area contributed by atoms with Crippen LogP contribution < -0.4 is 15.5 Å². The van der Waals surface area contributed by atoms with Gasteiger partial charge in [-0.05, 0) is 41.7 Å². The summed E-state index contributed by atoms with van der Waals surface area (Å²) in [4.78, 5) is 25.0. The van der Waals surface area contributed by atoms with Crippen LogP contribution in [0.4, 0.5) is 0 Å². The zero-order chi connectivity index (χ0) is 24.0. The maximum Gasteiger partial charge on any atom is 0.244 e. The minimum absolute atomic E-state index is 0.216. The molecule has 4 N–H and O–H groups in total. The zero-order valence-electron chi connectivity index (χ0n) is 18.7. The molecule has 0 saturated heterocycles. The number of nitrogens with one attached hydrogen (secondary N) is 2. The lowest BCUT2D eigenvalue weighted by Crippen LogP contribution is -2.47. The Morgan fingerprint density at radius 2 is 1.65 bits per heavy atom. The molecule has 2 amide bonds. The van der Waals surface area contributed by atoms with E-state index >= 15 is 0 Å². The predicted molar refractivity (Wildman–Crippen MR) is 126 cm³/mol. The third-order valence-electron chi connectivity index (χ3n) is 6.13. The van der Waals surface area contributed by atoms with Crippen molar-refractivity contribution in [3.63, 3.8) is 0 Å². The van der Waals surface area contributed by atoms with Gasteiger partial charge >= 0.3 is 0 Å². The molecule has 0 radical (unpaired) electrons. The van der Waals surface area contributed by atoms with Crippen LogP contribution in [-0.4, -0.2) is 22.1 Å². The molecule has 0 aromatic heterocycles. The second-order valence-electron chi connectivity index (χ2n) is 8.57. The van der Waals surface area contributed by atoms with Crippen molar-refractivity contribution in [1.29, 1.82) is 0 Å². The highest BCUT2D eigenvalue weighted by atomic mass is 16.5. The summed E-state index contributed by atoms with van der Waals surface area (Å²) in [5.74, 6) is -1.20. The second kappa shape index (κ2) is 10.5. The van der Waals surface area contributed by atoms with Crippen molar-refractivity contribution < 1.29 is 24.6 Å². The summed E-state index contributed by atoms with van der Waals surface area (Å²) in [5, 5.41) is 22.8. The van der Waals surface area contributed by atoms with Gasteiger partial charge in [0.15, 0.2) is 5.72 Å². The van der Waals surface area contributed by atoms with Gasteiger partial charge in [0.1, 0.15) is 12.4 Å².